The first-order valence-electron chi connectivity index (χ1n) is 8.45. The van der Waals surface area contributed by atoms with Gasteiger partial charge in [-0.25, -0.2) is 4.79 Å². The van der Waals surface area contributed by atoms with Gasteiger partial charge in [-0.1, -0.05) is 30.3 Å². The fraction of sp³-hybridized carbons (Fsp3) is 0.300. The lowest BCUT2D eigenvalue weighted by molar-refractivity contribution is -0.124. The van der Waals surface area contributed by atoms with Crippen LogP contribution in [0.25, 0.3) is 0 Å². The van der Waals surface area contributed by atoms with E-state index in [1.54, 1.807) is 12.1 Å². The van der Waals surface area contributed by atoms with Crippen LogP contribution in [0.15, 0.2) is 42.5 Å². The fourth-order valence-corrected chi connectivity index (χ4v) is 3.12. The molecule has 1 atom stereocenters. The molecule has 3 rings (SSSR count). The standard InChI is InChI=1S/C20H21NO5/c1-25-17-7-6-13(10-16(17)20(23)24)12-21-19(22)11-18-15-5-3-2-4-14(15)8-9-26-18/h2-7,10,18H,8-9,11-12H2,1H3,(H,21,22)(H,23,24)/t18-/m0/s1. The zero-order chi connectivity index (χ0) is 18.5. The molecule has 26 heavy (non-hydrogen) atoms. The molecule has 136 valence electrons. The number of methoxy groups -OCH3 is 1. The molecule has 0 unspecified atom stereocenters. The molecule has 0 spiro atoms. The van der Waals surface area contributed by atoms with Crippen molar-refractivity contribution >= 4 is 11.9 Å². The van der Waals surface area contributed by atoms with Gasteiger partial charge in [0, 0.05) is 6.54 Å². The van der Waals surface area contributed by atoms with Crippen LogP contribution in [0.3, 0.4) is 0 Å². The Labute approximate surface area is 151 Å². The number of rotatable bonds is 6. The molecular formula is C20H21NO5. The van der Waals surface area contributed by atoms with E-state index < -0.39 is 5.97 Å². The molecule has 2 aromatic rings. The van der Waals surface area contributed by atoms with Gasteiger partial charge in [-0.3, -0.25) is 4.79 Å². The SMILES string of the molecule is COc1ccc(CNC(=O)C[C@@H]2OCCc3ccccc32)cc1C(=O)O. The van der Waals surface area contributed by atoms with Gasteiger partial charge in [0.1, 0.15) is 11.3 Å². The van der Waals surface area contributed by atoms with Crippen molar-refractivity contribution in [3.05, 3.63) is 64.7 Å². The van der Waals surface area contributed by atoms with Crippen molar-refractivity contribution < 1.29 is 24.2 Å². The first kappa shape index (κ1) is 17.9. The average Bonchev–Trinajstić information content (AvgIpc) is 2.66. The average molecular weight is 355 g/mol. The van der Waals surface area contributed by atoms with Gasteiger partial charge in [0.25, 0.3) is 0 Å². The van der Waals surface area contributed by atoms with E-state index >= 15 is 0 Å². The normalized spacial score (nSPS) is 15.8. The Hall–Kier alpha value is -2.86. The van der Waals surface area contributed by atoms with Crippen molar-refractivity contribution in [2.45, 2.75) is 25.5 Å². The molecule has 6 heteroatoms. The first-order valence-corrected chi connectivity index (χ1v) is 8.45. The molecule has 1 amide bonds. The van der Waals surface area contributed by atoms with E-state index in [0.717, 1.165) is 12.0 Å². The predicted octanol–water partition coefficient (Wildman–Crippen LogP) is 2.71. The third-order valence-electron chi connectivity index (χ3n) is 4.45. The molecule has 0 aromatic heterocycles. The summed E-state index contributed by atoms with van der Waals surface area (Å²) in [6.45, 7) is 0.854. The van der Waals surface area contributed by atoms with Gasteiger partial charge in [0.15, 0.2) is 0 Å². The first-order chi connectivity index (χ1) is 12.6. The fourth-order valence-electron chi connectivity index (χ4n) is 3.12. The van der Waals surface area contributed by atoms with Crippen LogP contribution in [0.4, 0.5) is 0 Å². The van der Waals surface area contributed by atoms with Crippen LogP contribution in [0.2, 0.25) is 0 Å². The summed E-state index contributed by atoms with van der Waals surface area (Å²) in [7, 11) is 1.42. The second-order valence-corrected chi connectivity index (χ2v) is 6.13. The lowest BCUT2D eigenvalue weighted by Gasteiger charge is -2.25. The number of carboxylic acids is 1. The predicted molar refractivity (Wildman–Crippen MR) is 95.3 cm³/mol. The Morgan fingerprint density at radius 1 is 1.27 bits per heavy atom. The van der Waals surface area contributed by atoms with E-state index in [0.29, 0.717) is 17.9 Å². The van der Waals surface area contributed by atoms with E-state index in [1.807, 2.05) is 18.2 Å². The van der Waals surface area contributed by atoms with Crippen LogP contribution >= 0.6 is 0 Å². The molecule has 0 aliphatic carbocycles. The second kappa shape index (κ2) is 8.01. The highest BCUT2D eigenvalue weighted by atomic mass is 16.5. The van der Waals surface area contributed by atoms with Crippen LogP contribution in [-0.4, -0.2) is 30.7 Å². The quantitative estimate of drug-likeness (QED) is 0.832. The number of hydrogen-bond donors (Lipinski definition) is 2. The van der Waals surface area contributed by atoms with E-state index in [2.05, 4.69) is 11.4 Å². The van der Waals surface area contributed by atoms with E-state index in [4.69, 9.17) is 9.47 Å². The minimum absolute atomic E-state index is 0.0730. The minimum atomic E-state index is -1.07. The molecule has 2 aromatic carbocycles. The maximum atomic E-state index is 12.3. The molecule has 0 saturated heterocycles. The smallest absolute Gasteiger partial charge is 0.339 e. The van der Waals surface area contributed by atoms with E-state index in [9.17, 15) is 14.7 Å². The lowest BCUT2D eigenvalue weighted by Crippen LogP contribution is -2.27. The zero-order valence-electron chi connectivity index (χ0n) is 14.5. The van der Waals surface area contributed by atoms with Gasteiger partial charge >= 0.3 is 5.97 Å². The Kier molecular flexibility index (Phi) is 5.53. The van der Waals surface area contributed by atoms with Crippen LogP contribution < -0.4 is 10.1 Å². The van der Waals surface area contributed by atoms with Crippen molar-refractivity contribution in [3.63, 3.8) is 0 Å². The number of benzene rings is 2. The highest BCUT2D eigenvalue weighted by molar-refractivity contribution is 5.91. The van der Waals surface area contributed by atoms with Crippen molar-refractivity contribution in [2.24, 2.45) is 0 Å². The summed E-state index contributed by atoms with van der Waals surface area (Å²) in [4.78, 5) is 23.6. The van der Waals surface area contributed by atoms with Gasteiger partial charge in [-0.2, -0.15) is 0 Å². The number of aromatic carboxylic acids is 1. The summed E-state index contributed by atoms with van der Waals surface area (Å²) in [6.07, 6.45) is 0.849. The summed E-state index contributed by atoms with van der Waals surface area (Å²) >= 11 is 0. The van der Waals surface area contributed by atoms with Crippen molar-refractivity contribution in [1.82, 2.24) is 5.32 Å². The van der Waals surface area contributed by atoms with Gasteiger partial charge in [0.05, 0.1) is 26.2 Å². The van der Waals surface area contributed by atoms with Gasteiger partial charge in [-0.15, -0.1) is 0 Å². The molecule has 0 bridgehead atoms. The number of carbonyl (C=O) groups excluding carboxylic acids is 1. The van der Waals surface area contributed by atoms with Gasteiger partial charge in [-0.05, 0) is 35.2 Å². The highest BCUT2D eigenvalue weighted by Gasteiger charge is 2.23. The van der Waals surface area contributed by atoms with Crippen molar-refractivity contribution in [2.75, 3.05) is 13.7 Å². The number of carboxylic acid groups (broad SMARTS) is 1. The summed E-state index contributed by atoms with van der Waals surface area (Å²) < 4.78 is 10.8. The Morgan fingerprint density at radius 3 is 2.85 bits per heavy atom. The van der Waals surface area contributed by atoms with E-state index in [-0.39, 0.29) is 30.5 Å². The molecular weight excluding hydrogens is 334 g/mol. The van der Waals surface area contributed by atoms with Crippen LogP contribution in [0.5, 0.6) is 5.75 Å². The Balaban J connectivity index is 1.62. The maximum Gasteiger partial charge on any atom is 0.339 e. The molecule has 0 saturated carbocycles. The topological polar surface area (TPSA) is 84.9 Å². The highest BCUT2D eigenvalue weighted by Crippen LogP contribution is 2.29. The van der Waals surface area contributed by atoms with Crippen LogP contribution in [0.1, 0.15) is 39.6 Å². The minimum Gasteiger partial charge on any atom is -0.496 e. The third-order valence-corrected chi connectivity index (χ3v) is 4.45. The van der Waals surface area contributed by atoms with Crippen molar-refractivity contribution in [1.29, 1.82) is 0 Å². The zero-order valence-corrected chi connectivity index (χ0v) is 14.5. The molecule has 2 N–H and O–H groups in total. The van der Waals surface area contributed by atoms with Gasteiger partial charge < -0.3 is 19.9 Å². The second-order valence-electron chi connectivity index (χ2n) is 6.13. The number of nitrogens with one attached hydrogen (secondary N) is 1. The molecule has 1 heterocycles. The van der Waals surface area contributed by atoms with Crippen molar-refractivity contribution in [3.8, 4) is 5.75 Å². The summed E-state index contributed by atoms with van der Waals surface area (Å²) in [5.74, 6) is -0.915. The lowest BCUT2D eigenvalue weighted by atomic mass is 9.95. The summed E-state index contributed by atoms with van der Waals surface area (Å²) in [5, 5.41) is 12.1. The van der Waals surface area contributed by atoms with Crippen LogP contribution in [0, 0.1) is 0 Å². The van der Waals surface area contributed by atoms with Crippen LogP contribution in [-0.2, 0) is 22.5 Å². The molecule has 6 nitrogen and oxygen atoms in total. The Bertz CT molecular complexity index is 818. The summed E-state index contributed by atoms with van der Waals surface area (Å²) in [6, 6.07) is 12.8. The molecule has 1 aliphatic heterocycles. The third kappa shape index (κ3) is 4.03. The summed E-state index contributed by atoms with van der Waals surface area (Å²) in [5.41, 5.74) is 3.05. The van der Waals surface area contributed by atoms with E-state index in [1.165, 1.54) is 18.7 Å². The molecule has 0 fully saturated rings. The maximum absolute atomic E-state index is 12.3. The largest absolute Gasteiger partial charge is 0.496 e. The number of carbonyl (C=O) groups is 2. The molecule has 1 aliphatic rings. The number of ether oxygens (including phenoxy) is 2. The monoisotopic (exact) mass is 355 g/mol. The number of amides is 1. The number of fused-ring (bicyclic) bond motifs is 1. The number of hydrogen-bond acceptors (Lipinski definition) is 4. The Morgan fingerprint density at radius 2 is 2.08 bits per heavy atom. The van der Waals surface area contributed by atoms with Gasteiger partial charge in [0.2, 0.25) is 5.91 Å². The molecule has 0 radical (unpaired) electrons.